The Morgan fingerprint density at radius 3 is 2.56 bits per heavy atom. The topological polar surface area (TPSA) is 89.3 Å². The third kappa shape index (κ3) is 5.84. The monoisotopic (exact) mass is 523 g/mol. The number of rotatable bonds is 9. The molecule has 0 unspecified atom stereocenters. The van der Waals surface area contributed by atoms with E-state index >= 15 is 0 Å². The summed E-state index contributed by atoms with van der Waals surface area (Å²) in [7, 11) is -3.58. The van der Waals surface area contributed by atoms with Gasteiger partial charge in [0.05, 0.1) is 4.90 Å². The number of fused-ring (bicyclic) bond motifs is 1. The Labute approximate surface area is 216 Å². The molecule has 36 heavy (non-hydrogen) atoms. The molecule has 1 aliphatic rings. The molecule has 1 saturated heterocycles. The van der Waals surface area contributed by atoms with Gasteiger partial charge in [-0.25, -0.2) is 13.1 Å². The lowest BCUT2D eigenvalue weighted by Gasteiger charge is -2.29. The van der Waals surface area contributed by atoms with Crippen molar-refractivity contribution in [1.82, 2.24) is 15.0 Å². The van der Waals surface area contributed by atoms with Crippen molar-refractivity contribution in [3.63, 3.8) is 0 Å². The number of hydrogen-bond acceptors (Lipinski definition) is 5. The van der Waals surface area contributed by atoms with Crippen molar-refractivity contribution in [1.29, 1.82) is 0 Å². The van der Waals surface area contributed by atoms with Crippen LogP contribution in [0.3, 0.4) is 0 Å². The van der Waals surface area contributed by atoms with Crippen LogP contribution in [0.1, 0.15) is 12.0 Å². The number of piperazine rings is 1. The molecule has 0 aliphatic carbocycles. The Balaban J connectivity index is 1.16. The maximum atomic E-state index is 12.8. The van der Waals surface area contributed by atoms with Crippen molar-refractivity contribution in [2.45, 2.75) is 17.7 Å². The predicted octanol–water partition coefficient (Wildman–Crippen LogP) is 4.89. The predicted molar refractivity (Wildman–Crippen MR) is 148 cm³/mol. The average molecular weight is 524 g/mol. The van der Waals surface area contributed by atoms with E-state index in [0.29, 0.717) is 18.0 Å². The number of aromatic nitrogens is 1. The molecule has 2 heterocycles. The molecule has 188 valence electrons. The van der Waals surface area contributed by atoms with Crippen molar-refractivity contribution < 1.29 is 8.42 Å². The third-order valence-corrected chi connectivity index (χ3v) is 8.14. The lowest BCUT2D eigenvalue weighted by molar-refractivity contribution is 0.579. The van der Waals surface area contributed by atoms with E-state index in [9.17, 15) is 8.42 Å². The summed E-state index contributed by atoms with van der Waals surface area (Å²) in [5.74, 6) is 0. The Morgan fingerprint density at radius 1 is 0.944 bits per heavy atom. The van der Waals surface area contributed by atoms with Crippen LogP contribution < -0.4 is 20.3 Å². The molecule has 7 nitrogen and oxygen atoms in total. The number of H-pyrrole nitrogens is 1. The van der Waals surface area contributed by atoms with Crippen molar-refractivity contribution in [3.05, 3.63) is 83.5 Å². The Hall–Kier alpha value is -3.04. The van der Waals surface area contributed by atoms with Gasteiger partial charge in [-0.05, 0) is 79.1 Å². The summed E-state index contributed by atoms with van der Waals surface area (Å²) in [6, 6.07) is 20.9. The lowest BCUT2D eigenvalue weighted by Crippen LogP contribution is -2.43. The van der Waals surface area contributed by atoms with Gasteiger partial charge in [-0.1, -0.05) is 17.7 Å². The van der Waals surface area contributed by atoms with Crippen molar-refractivity contribution in [2.75, 3.05) is 42.9 Å². The highest BCUT2D eigenvalue weighted by atomic mass is 35.5. The van der Waals surface area contributed by atoms with Crippen LogP contribution in [0.5, 0.6) is 0 Å². The average Bonchev–Trinajstić information content (AvgIpc) is 3.29. The summed E-state index contributed by atoms with van der Waals surface area (Å²) >= 11 is 6.12. The number of hydrogen-bond donors (Lipinski definition) is 4. The Kier molecular flexibility index (Phi) is 7.48. The first-order valence-corrected chi connectivity index (χ1v) is 14.0. The van der Waals surface area contributed by atoms with E-state index in [4.69, 9.17) is 11.6 Å². The maximum Gasteiger partial charge on any atom is 0.240 e. The fourth-order valence-electron chi connectivity index (χ4n) is 4.51. The van der Waals surface area contributed by atoms with E-state index in [1.807, 2.05) is 36.5 Å². The van der Waals surface area contributed by atoms with Gasteiger partial charge in [0.15, 0.2) is 0 Å². The van der Waals surface area contributed by atoms with Crippen LogP contribution in [0.25, 0.3) is 10.9 Å². The molecule has 4 aromatic rings. The number of aryl methyl sites for hydroxylation is 1. The van der Waals surface area contributed by atoms with Gasteiger partial charge in [0.1, 0.15) is 0 Å². The first-order valence-electron chi connectivity index (χ1n) is 12.2. The molecule has 0 spiro atoms. The standard InChI is InChI=1S/C27H30ClN5O2S/c28-21-6-11-27-26(17-21)20(19-30-27)3-2-12-31-36(34,35)25-9-7-22(8-10-25)32-23-4-1-5-24(18-23)33-15-13-29-14-16-33/h1,4-11,17-19,29-32H,2-3,12-16H2. The molecule has 0 radical (unpaired) electrons. The van der Waals surface area contributed by atoms with Crippen LogP contribution in [-0.2, 0) is 16.4 Å². The second kappa shape index (κ2) is 10.9. The van der Waals surface area contributed by atoms with Crippen molar-refractivity contribution in [2.24, 2.45) is 0 Å². The quantitative estimate of drug-likeness (QED) is 0.235. The van der Waals surface area contributed by atoms with Gasteiger partial charge in [-0.15, -0.1) is 0 Å². The smallest absolute Gasteiger partial charge is 0.240 e. The van der Waals surface area contributed by atoms with Crippen LogP contribution in [0.2, 0.25) is 5.02 Å². The van der Waals surface area contributed by atoms with Gasteiger partial charge in [0.2, 0.25) is 10.0 Å². The highest BCUT2D eigenvalue weighted by Gasteiger charge is 2.14. The number of nitrogens with one attached hydrogen (secondary N) is 4. The van der Waals surface area contributed by atoms with E-state index in [1.54, 1.807) is 24.3 Å². The lowest BCUT2D eigenvalue weighted by atomic mass is 10.1. The van der Waals surface area contributed by atoms with Gasteiger partial charge in [-0.2, -0.15) is 0 Å². The van der Waals surface area contributed by atoms with Crippen LogP contribution in [-0.4, -0.2) is 46.1 Å². The SMILES string of the molecule is O=S(=O)(NCCCc1c[nH]c2ccc(Cl)cc12)c1ccc(Nc2cccc(N3CCNCC3)c2)cc1. The Morgan fingerprint density at radius 2 is 1.75 bits per heavy atom. The highest BCUT2D eigenvalue weighted by molar-refractivity contribution is 7.89. The number of sulfonamides is 1. The van der Waals surface area contributed by atoms with Crippen LogP contribution >= 0.6 is 11.6 Å². The van der Waals surface area contributed by atoms with Gasteiger partial charge >= 0.3 is 0 Å². The van der Waals surface area contributed by atoms with Crippen LogP contribution in [0.15, 0.2) is 77.8 Å². The molecule has 9 heteroatoms. The van der Waals surface area contributed by atoms with E-state index in [1.165, 1.54) is 5.69 Å². The van der Waals surface area contributed by atoms with Gasteiger partial charge in [-0.3, -0.25) is 0 Å². The number of halogens is 1. The van der Waals surface area contributed by atoms with Gasteiger partial charge < -0.3 is 20.5 Å². The summed E-state index contributed by atoms with van der Waals surface area (Å²) in [5.41, 5.74) is 5.14. The van der Waals surface area contributed by atoms with Gasteiger partial charge in [0.25, 0.3) is 0 Å². The molecular weight excluding hydrogens is 494 g/mol. The highest BCUT2D eigenvalue weighted by Crippen LogP contribution is 2.25. The number of benzene rings is 3. The first-order chi connectivity index (χ1) is 17.5. The van der Waals surface area contributed by atoms with E-state index in [2.05, 4.69) is 37.4 Å². The molecule has 1 aliphatic heterocycles. The summed E-state index contributed by atoms with van der Waals surface area (Å²) in [5, 5.41) is 8.51. The van der Waals surface area contributed by atoms with Gasteiger partial charge in [0, 0.05) is 71.9 Å². The van der Waals surface area contributed by atoms with E-state index in [0.717, 1.165) is 60.4 Å². The van der Waals surface area contributed by atoms with Crippen molar-refractivity contribution >= 4 is 49.6 Å². The van der Waals surface area contributed by atoms with E-state index in [-0.39, 0.29) is 4.90 Å². The zero-order valence-electron chi connectivity index (χ0n) is 19.9. The molecule has 0 amide bonds. The summed E-state index contributed by atoms with van der Waals surface area (Å²) < 4.78 is 28.3. The van der Waals surface area contributed by atoms with E-state index < -0.39 is 10.0 Å². The molecule has 5 rings (SSSR count). The molecule has 0 atom stereocenters. The fraction of sp³-hybridized carbons (Fsp3) is 0.259. The Bertz CT molecular complexity index is 1430. The second-order valence-electron chi connectivity index (χ2n) is 8.94. The largest absolute Gasteiger partial charge is 0.369 e. The number of nitrogens with zero attached hydrogens (tertiary/aromatic N) is 1. The molecule has 1 fully saturated rings. The first kappa shape index (κ1) is 24.6. The molecule has 0 saturated carbocycles. The van der Waals surface area contributed by atoms with Crippen LogP contribution in [0, 0.1) is 0 Å². The number of anilines is 3. The molecule has 0 bridgehead atoms. The summed E-state index contributed by atoms with van der Waals surface area (Å²) in [6.07, 6.45) is 3.39. The zero-order chi connectivity index (χ0) is 25.0. The molecule has 1 aromatic heterocycles. The zero-order valence-corrected chi connectivity index (χ0v) is 21.5. The minimum atomic E-state index is -3.58. The minimum Gasteiger partial charge on any atom is -0.369 e. The van der Waals surface area contributed by atoms with Crippen LogP contribution in [0.4, 0.5) is 17.1 Å². The normalized spacial score (nSPS) is 14.3. The summed E-state index contributed by atoms with van der Waals surface area (Å²) in [6.45, 7) is 4.30. The molecule has 4 N–H and O–H groups in total. The fourth-order valence-corrected chi connectivity index (χ4v) is 5.76. The minimum absolute atomic E-state index is 0.251. The third-order valence-electron chi connectivity index (χ3n) is 6.43. The molecular formula is C27H30ClN5O2S. The summed E-state index contributed by atoms with van der Waals surface area (Å²) in [4.78, 5) is 5.84. The number of aromatic amines is 1. The molecule has 3 aromatic carbocycles. The second-order valence-corrected chi connectivity index (χ2v) is 11.1. The van der Waals surface area contributed by atoms with Crippen molar-refractivity contribution in [3.8, 4) is 0 Å². The maximum absolute atomic E-state index is 12.8.